The highest BCUT2D eigenvalue weighted by Crippen LogP contribution is 2.41. The SMILES string of the molecule is O=C1c2ccccc2C(O)N1c1ccccc1OC(F)(F)F. The summed E-state index contributed by atoms with van der Waals surface area (Å²) in [5.41, 5.74) is 0.444. The number of carbonyl (C=O) groups excluding carboxylic acids is 1. The van der Waals surface area contributed by atoms with E-state index in [1.165, 1.54) is 24.3 Å². The Morgan fingerprint density at radius 1 is 1.05 bits per heavy atom. The summed E-state index contributed by atoms with van der Waals surface area (Å²) in [6, 6.07) is 11.5. The molecule has 7 heteroatoms. The van der Waals surface area contributed by atoms with Crippen molar-refractivity contribution < 1.29 is 27.8 Å². The standard InChI is InChI=1S/C15H10F3NO3/c16-15(17,18)22-12-8-4-3-7-11(12)19-13(20)9-5-1-2-6-10(9)14(19)21/h1-8,13,20H. The van der Waals surface area contributed by atoms with Crippen molar-refractivity contribution in [2.24, 2.45) is 0 Å². The van der Waals surface area contributed by atoms with E-state index in [1.54, 1.807) is 18.2 Å². The molecule has 4 nitrogen and oxygen atoms in total. The lowest BCUT2D eigenvalue weighted by Gasteiger charge is -2.23. The highest BCUT2D eigenvalue weighted by molar-refractivity contribution is 6.11. The van der Waals surface area contributed by atoms with Crippen LogP contribution in [0.3, 0.4) is 0 Å². The quantitative estimate of drug-likeness (QED) is 0.926. The maximum atomic E-state index is 12.5. The molecule has 1 amide bonds. The van der Waals surface area contributed by atoms with E-state index in [0.717, 1.165) is 11.0 Å². The zero-order chi connectivity index (χ0) is 15.9. The fraction of sp³-hybridized carbons (Fsp3) is 0.133. The lowest BCUT2D eigenvalue weighted by molar-refractivity contribution is -0.274. The predicted molar refractivity (Wildman–Crippen MR) is 71.3 cm³/mol. The van der Waals surface area contributed by atoms with E-state index in [4.69, 9.17) is 0 Å². The summed E-state index contributed by atoms with van der Waals surface area (Å²) in [6.45, 7) is 0. The highest BCUT2D eigenvalue weighted by Gasteiger charge is 2.39. The molecule has 2 aromatic rings. The molecule has 0 aromatic heterocycles. The number of benzene rings is 2. The summed E-state index contributed by atoms with van der Waals surface area (Å²) in [6.07, 6.45) is -6.25. The Hall–Kier alpha value is -2.54. The predicted octanol–water partition coefficient (Wildman–Crippen LogP) is 3.24. The van der Waals surface area contributed by atoms with Crippen molar-refractivity contribution in [2.45, 2.75) is 12.6 Å². The van der Waals surface area contributed by atoms with Crippen molar-refractivity contribution in [2.75, 3.05) is 4.90 Å². The van der Waals surface area contributed by atoms with E-state index in [2.05, 4.69) is 4.74 Å². The summed E-state index contributed by atoms with van der Waals surface area (Å²) in [5.74, 6) is -1.13. The number of carbonyl (C=O) groups is 1. The van der Waals surface area contributed by atoms with E-state index < -0.39 is 24.2 Å². The number of hydrogen-bond donors (Lipinski definition) is 1. The van der Waals surface area contributed by atoms with Gasteiger partial charge in [0.1, 0.15) is 0 Å². The molecule has 1 unspecified atom stereocenters. The van der Waals surface area contributed by atoms with Crippen LogP contribution in [0.5, 0.6) is 5.75 Å². The molecule has 0 aliphatic carbocycles. The third kappa shape index (κ3) is 2.39. The molecule has 0 fully saturated rings. The van der Waals surface area contributed by atoms with E-state index in [0.29, 0.717) is 5.56 Å². The smallest absolute Gasteiger partial charge is 0.404 e. The van der Waals surface area contributed by atoms with Crippen molar-refractivity contribution in [1.82, 2.24) is 0 Å². The number of hydrogen-bond acceptors (Lipinski definition) is 3. The first-order valence-corrected chi connectivity index (χ1v) is 6.34. The number of nitrogens with zero attached hydrogens (tertiary/aromatic N) is 1. The molecule has 1 aliphatic rings. The fourth-order valence-corrected chi connectivity index (χ4v) is 2.41. The van der Waals surface area contributed by atoms with Gasteiger partial charge in [-0.1, -0.05) is 30.3 Å². The maximum absolute atomic E-state index is 12.5. The Morgan fingerprint density at radius 3 is 2.36 bits per heavy atom. The number of aliphatic hydroxyl groups excluding tert-OH is 1. The van der Waals surface area contributed by atoms with Gasteiger partial charge in [0.2, 0.25) is 0 Å². The summed E-state index contributed by atoms with van der Waals surface area (Å²) in [5, 5.41) is 10.3. The number of rotatable bonds is 2. The van der Waals surface area contributed by atoms with Crippen LogP contribution in [-0.4, -0.2) is 17.4 Å². The maximum Gasteiger partial charge on any atom is 0.573 e. The van der Waals surface area contributed by atoms with Gasteiger partial charge < -0.3 is 9.84 Å². The van der Waals surface area contributed by atoms with Gasteiger partial charge in [-0.3, -0.25) is 9.69 Å². The molecule has 22 heavy (non-hydrogen) atoms. The zero-order valence-electron chi connectivity index (χ0n) is 11.0. The van der Waals surface area contributed by atoms with E-state index in [9.17, 15) is 23.1 Å². The van der Waals surface area contributed by atoms with Crippen molar-refractivity contribution >= 4 is 11.6 Å². The number of para-hydroxylation sites is 2. The number of aliphatic hydroxyl groups is 1. The van der Waals surface area contributed by atoms with Gasteiger partial charge in [-0.05, 0) is 18.2 Å². The van der Waals surface area contributed by atoms with Gasteiger partial charge in [0.25, 0.3) is 5.91 Å². The minimum atomic E-state index is -4.89. The molecule has 2 aromatic carbocycles. The van der Waals surface area contributed by atoms with Gasteiger partial charge in [-0.2, -0.15) is 0 Å². The van der Waals surface area contributed by atoms with Crippen molar-refractivity contribution in [1.29, 1.82) is 0 Å². The second-order valence-electron chi connectivity index (χ2n) is 4.65. The normalized spacial score (nSPS) is 17.5. The van der Waals surface area contributed by atoms with Crippen LogP contribution >= 0.6 is 0 Å². The third-order valence-corrected chi connectivity index (χ3v) is 3.28. The van der Waals surface area contributed by atoms with Crippen LogP contribution in [0.25, 0.3) is 0 Å². The minimum Gasteiger partial charge on any atom is -0.404 e. The summed E-state index contributed by atoms with van der Waals surface area (Å²) < 4.78 is 41.4. The van der Waals surface area contributed by atoms with Gasteiger partial charge in [-0.25, -0.2) is 0 Å². The number of alkyl halides is 3. The van der Waals surface area contributed by atoms with E-state index in [1.807, 2.05) is 0 Å². The Balaban J connectivity index is 2.05. The lowest BCUT2D eigenvalue weighted by atomic mass is 10.1. The average molecular weight is 309 g/mol. The minimum absolute atomic E-state index is 0.145. The largest absolute Gasteiger partial charge is 0.573 e. The molecule has 1 atom stereocenters. The lowest BCUT2D eigenvalue weighted by Crippen LogP contribution is -2.29. The van der Waals surface area contributed by atoms with Crippen LogP contribution in [0.1, 0.15) is 22.1 Å². The first-order chi connectivity index (χ1) is 10.4. The molecule has 0 saturated heterocycles. The van der Waals surface area contributed by atoms with E-state index >= 15 is 0 Å². The van der Waals surface area contributed by atoms with Crippen LogP contribution < -0.4 is 9.64 Å². The van der Waals surface area contributed by atoms with Gasteiger partial charge in [0.15, 0.2) is 12.0 Å². The molecule has 0 radical (unpaired) electrons. The summed E-state index contributed by atoms with van der Waals surface area (Å²) >= 11 is 0. The van der Waals surface area contributed by atoms with Crippen LogP contribution in [0.2, 0.25) is 0 Å². The second-order valence-corrected chi connectivity index (χ2v) is 4.65. The number of amides is 1. The van der Waals surface area contributed by atoms with Crippen LogP contribution in [0, 0.1) is 0 Å². The molecule has 1 heterocycles. The molecule has 0 saturated carbocycles. The number of halogens is 3. The Kier molecular flexibility index (Phi) is 3.29. The number of ether oxygens (including phenoxy) is 1. The first kappa shape index (κ1) is 14.4. The topological polar surface area (TPSA) is 49.8 Å². The second kappa shape index (κ2) is 5.03. The fourth-order valence-electron chi connectivity index (χ4n) is 2.41. The van der Waals surface area contributed by atoms with Crippen molar-refractivity contribution in [3.8, 4) is 5.75 Å². The molecule has 114 valence electrons. The Morgan fingerprint density at radius 2 is 1.68 bits per heavy atom. The molecule has 3 rings (SSSR count). The average Bonchev–Trinajstić information content (AvgIpc) is 2.71. The molecular weight excluding hydrogens is 299 g/mol. The van der Waals surface area contributed by atoms with Gasteiger partial charge in [0.05, 0.1) is 5.69 Å². The number of anilines is 1. The van der Waals surface area contributed by atoms with Gasteiger partial charge in [-0.15, -0.1) is 13.2 Å². The molecule has 1 aliphatic heterocycles. The first-order valence-electron chi connectivity index (χ1n) is 6.34. The zero-order valence-corrected chi connectivity index (χ0v) is 11.0. The highest BCUT2D eigenvalue weighted by atomic mass is 19.4. The van der Waals surface area contributed by atoms with Crippen molar-refractivity contribution in [3.63, 3.8) is 0 Å². The molecule has 0 bridgehead atoms. The molecular formula is C15H10F3NO3. The third-order valence-electron chi connectivity index (χ3n) is 3.28. The van der Waals surface area contributed by atoms with Gasteiger partial charge in [0, 0.05) is 11.1 Å². The Labute approximate surface area is 123 Å². The monoisotopic (exact) mass is 309 g/mol. The summed E-state index contributed by atoms with van der Waals surface area (Å²) in [7, 11) is 0. The molecule has 0 spiro atoms. The summed E-state index contributed by atoms with van der Waals surface area (Å²) in [4.78, 5) is 13.2. The molecule has 1 N–H and O–H groups in total. The van der Waals surface area contributed by atoms with Gasteiger partial charge >= 0.3 is 6.36 Å². The van der Waals surface area contributed by atoms with E-state index in [-0.39, 0.29) is 11.3 Å². The Bertz CT molecular complexity index is 730. The van der Waals surface area contributed by atoms with Crippen LogP contribution in [-0.2, 0) is 0 Å². The van der Waals surface area contributed by atoms with Crippen molar-refractivity contribution in [3.05, 3.63) is 59.7 Å². The number of fused-ring (bicyclic) bond motifs is 1. The van der Waals surface area contributed by atoms with Crippen LogP contribution in [0.15, 0.2) is 48.5 Å². The van der Waals surface area contributed by atoms with Crippen LogP contribution in [0.4, 0.5) is 18.9 Å².